The van der Waals surface area contributed by atoms with Crippen molar-refractivity contribution in [3.63, 3.8) is 0 Å². The standard InChI is InChI=1S/C35H65O10P/c1-3-5-7-8-9-10-11-12-13-14-15-16-17-18-19-20-21-22-23-24-25-27-35(39)45-33(30-42-34(38)26-6-4-2)31-44-46(40,41)43-29-32(37)28-36/h11-12,14-15,32-33,36-37H,3-10,13,16-31H2,1-2H3,(H,40,41)/b12-11-,15-14-. The molecule has 10 nitrogen and oxygen atoms in total. The summed E-state index contributed by atoms with van der Waals surface area (Å²) in [6.45, 7) is 2.07. The number of unbranched alkanes of at least 4 members (excludes halogenated alkanes) is 15. The van der Waals surface area contributed by atoms with E-state index in [2.05, 4.69) is 35.8 Å². The SMILES string of the molecule is CCCCCCC/C=C\C/C=C\CCCCCCCCCCCC(=O)OC(COC(=O)CCCC)COP(=O)(O)OCC(O)CO. The molecule has 0 aromatic rings. The Hall–Kier alpha value is -1.55. The summed E-state index contributed by atoms with van der Waals surface area (Å²) in [6.07, 6.45) is 28.6. The topological polar surface area (TPSA) is 149 Å². The average Bonchev–Trinajstić information content (AvgIpc) is 3.04. The summed E-state index contributed by atoms with van der Waals surface area (Å²) in [5.41, 5.74) is 0. The van der Waals surface area contributed by atoms with Gasteiger partial charge in [-0.15, -0.1) is 0 Å². The van der Waals surface area contributed by atoms with Gasteiger partial charge < -0.3 is 24.6 Å². The zero-order chi connectivity index (χ0) is 34.1. The van der Waals surface area contributed by atoms with E-state index in [1.807, 2.05) is 6.92 Å². The third-order valence-electron chi connectivity index (χ3n) is 7.36. The van der Waals surface area contributed by atoms with Crippen molar-refractivity contribution >= 4 is 19.8 Å². The van der Waals surface area contributed by atoms with Gasteiger partial charge in [-0.05, 0) is 44.9 Å². The van der Waals surface area contributed by atoms with E-state index < -0.39 is 51.8 Å². The molecule has 0 saturated carbocycles. The monoisotopic (exact) mass is 676 g/mol. The van der Waals surface area contributed by atoms with Crippen molar-refractivity contribution in [3.8, 4) is 0 Å². The van der Waals surface area contributed by atoms with Crippen LogP contribution in [0.25, 0.3) is 0 Å². The number of ether oxygens (including phenoxy) is 2. The van der Waals surface area contributed by atoms with Gasteiger partial charge in [-0.1, -0.05) is 115 Å². The van der Waals surface area contributed by atoms with Crippen molar-refractivity contribution in [1.29, 1.82) is 0 Å². The third-order valence-corrected chi connectivity index (χ3v) is 8.31. The Kier molecular flexibility index (Phi) is 30.9. The van der Waals surface area contributed by atoms with Crippen LogP contribution in [0.3, 0.4) is 0 Å². The number of hydrogen-bond donors (Lipinski definition) is 3. The molecule has 0 radical (unpaired) electrons. The molecule has 46 heavy (non-hydrogen) atoms. The Bertz CT molecular complexity index is 832. The van der Waals surface area contributed by atoms with E-state index in [1.54, 1.807) is 0 Å². The van der Waals surface area contributed by atoms with Gasteiger partial charge in [0.15, 0.2) is 6.10 Å². The molecular formula is C35H65O10P. The van der Waals surface area contributed by atoms with Crippen LogP contribution in [0.5, 0.6) is 0 Å². The predicted octanol–water partition coefficient (Wildman–Crippen LogP) is 8.27. The lowest BCUT2D eigenvalue weighted by Gasteiger charge is -2.20. The first-order chi connectivity index (χ1) is 22.2. The number of hydrogen-bond acceptors (Lipinski definition) is 9. The first kappa shape index (κ1) is 44.5. The highest BCUT2D eigenvalue weighted by Crippen LogP contribution is 2.43. The van der Waals surface area contributed by atoms with Gasteiger partial charge in [0.05, 0.1) is 19.8 Å². The minimum atomic E-state index is -4.59. The molecule has 0 amide bonds. The van der Waals surface area contributed by atoms with Crippen LogP contribution in [0.2, 0.25) is 0 Å². The second kappa shape index (κ2) is 32.0. The Morgan fingerprint density at radius 3 is 1.72 bits per heavy atom. The summed E-state index contributed by atoms with van der Waals surface area (Å²) in [6, 6.07) is 0. The fourth-order valence-corrected chi connectivity index (χ4v) is 5.32. The fraction of sp³-hybridized carbons (Fsp3) is 0.829. The molecule has 3 N–H and O–H groups in total. The smallest absolute Gasteiger partial charge is 0.462 e. The molecular weight excluding hydrogens is 611 g/mol. The van der Waals surface area contributed by atoms with Gasteiger partial charge in [0.25, 0.3) is 0 Å². The molecule has 0 aliphatic carbocycles. The maximum absolute atomic E-state index is 12.4. The maximum atomic E-state index is 12.4. The quantitative estimate of drug-likeness (QED) is 0.0268. The number of phosphoric acid groups is 1. The lowest BCUT2D eigenvalue weighted by Crippen LogP contribution is -2.29. The summed E-state index contributed by atoms with van der Waals surface area (Å²) < 4.78 is 32.1. The van der Waals surface area contributed by atoms with Crippen molar-refractivity contribution in [2.24, 2.45) is 0 Å². The normalized spacial score (nSPS) is 14.5. The van der Waals surface area contributed by atoms with E-state index in [9.17, 15) is 24.2 Å². The number of esters is 2. The molecule has 0 aliphatic rings. The van der Waals surface area contributed by atoms with Crippen LogP contribution in [0.15, 0.2) is 24.3 Å². The predicted molar refractivity (Wildman–Crippen MR) is 182 cm³/mol. The van der Waals surface area contributed by atoms with Gasteiger partial charge in [0, 0.05) is 12.8 Å². The molecule has 0 bridgehead atoms. The maximum Gasteiger partial charge on any atom is 0.472 e. The van der Waals surface area contributed by atoms with Gasteiger partial charge in [-0.2, -0.15) is 0 Å². The fourth-order valence-electron chi connectivity index (χ4n) is 4.53. The lowest BCUT2D eigenvalue weighted by atomic mass is 10.1. The molecule has 11 heteroatoms. The van der Waals surface area contributed by atoms with E-state index in [1.165, 1.54) is 70.6 Å². The number of rotatable bonds is 33. The molecule has 3 unspecified atom stereocenters. The van der Waals surface area contributed by atoms with E-state index >= 15 is 0 Å². The number of allylic oxidation sites excluding steroid dienone is 4. The first-order valence-electron chi connectivity index (χ1n) is 17.8. The van der Waals surface area contributed by atoms with Crippen LogP contribution >= 0.6 is 7.82 Å². The summed E-state index contributed by atoms with van der Waals surface area (Å²) >= 11 is 0. The van der Waals surface area contributed by atoms with Gasteiger partial charge in [0.1, 0.15) is 12.7 Å². The van der Waals surface area contributed by atoms with E-state index in [-0.39, 0.29) is 19.4 Å². The van der Waals surface area contributed by atoms with E-state index in [4.69, 9.17) is 19.1 Å². The van der Waals surface area contributed by atoms with Crippen LogP contribution in [0.1, 0.15) is 149 Å². The van der Waals surface area contributed by atoms with Crippen molar-refractivity contribution in [2.45, 2.75) is 161 Å². The first-order valence-corrected chi connectivity index (χ1v) is 19.3. The highest BCUT2D eigenvalue weighted by molar-refractivity contribution is 7.47. The largest absolute Gasteiger partial charge is 0.472 e. The van der Waals surface area contributed by atoms with Crippen molar-refractivity contribution < 1.29 is 47.8 Å². The molecule has 0 aromatic carbocycles. The Balaban J connectivity index is 4.03. The number of phosphoric ester groups is 1. The highest BCUT2D eigenvalue weighted by Gasteiger charge is 2.27. The number of aliphatic hydroxyl groups is 2. The molecule has 0 aromatic heterocycles. The third kappa shape index (κ3) is 31.1. The van der Waals surface area contributed by atoms with Gasteiger partial charge >= 0.3 is 19.8 Å². The molecule has 0 spiro atoms. The summed E-state index contributed by atoms with van der Waals surface area (Å²) in [7, 11) is -4.59. The number of carbonyl (C=O) groups excluding carboxylic acids is 2. The molecule has 0 fully saturated rings. The second-order valence-corrected chi connectivity index (χ2v) is 13.4. The zero-order valence-corrected chi connectivity index (χ0v) is 29.7. The molecule has 0 saturated heterocycles. The van der Waals surface area contributed by atoms with Crippen molar-refractivity contribution in [2.75, 3.05) is 26.4 Å². The van der Waals surface area contributed by atoms with E-state index in [0.29, 0.717) is 12.8 Å². The average molecular weight is 677 g/mol. The van der Waals surface area contributed by atoms with Gasteiger partial charge in [-0.3, -0.25) is 18.6 Å². The Morgan fingerprint density at radius 2 is 1.15 bits per heavy atom. The zero-order valence-electron chi connectivity index (χ0n) is 28.8. The van der Waals surface area contributed by atoms with Crippen LogP contribution in [0.4, 0.5) is 0 Å². The van der Waals surface area contributed by atoms with Gasteiger partial charge in [-0.25, -0.2) is 4.57 Å². The van der Waals surface area contributed by atoms with Crippen LogP contribution < -0.4 is 0 Å². The Morgan fingerprint density at radius 1 is 0.652 bits per heavy atom. The number of carbonyl (C=O) groups is 2. The van der Waals surface area contributed by atoms with Crippen molar-refractivity contribution in [3.05, 3.63) is 24.3 Å². The molecule has 3 atom stereocenters. The van der Waals surface area contributed by atoms with Crippen LogP contribution in [0, 0.1) is 0 Å². The second-order valence-electron chi connectivity index (χ2n) is 11.9. The van der Waals surface area contributed by atoms with E-state index in [0.717, 1.165) is 38.5 Å². The van der Waals surface area contributed by atoms with Crippen molar-refractivity contribution in [1.82, 2.24) is 0 Å². The minimum Gasteiger partial charge on any atom is -0.462 e. The van der Waals surface area contributed by atoms with Crippen LogP contribution in [-0.4, -0.2) is 65.7 Å². The summed E-state index contributed by atoms with van der Waals surface area (Å²) in [5, 5.41) is 18.1. The molecule has 0 heterocycles. The molecule has 270 valence electrons. The summed E-state index contributed by atoms with van der Waals surface area (Å²) in [5.74, 6) is -0.971. The van der Waals surface area contributed by atoms with Crippen LogP contribution in [-0.2, 0) is 32.7 Å². The molecule has 0 aliphatic heterocycles. The number of aliphatic hydroxyl groups excluding tert-OH is 2. The molecule has 0 rings (SSSR count). The van der Waals surface area contributed by atoms with Gasteiger partial charge in [0.2, 0.25) is 0 Å². The highest BCUT2D eigenvalue weighted by atomic mass is 31.2. The minimum absolute atomic E-state index is 0.179. The summed E-state index contributed by atoms with van der Waals surface area (Å²) in [4.78, 5) is 34.1. The lowest BCUT2D eigenvalue weighted by molar-refractivity contribution is -0.161. The Labute approximate surface area is 278 Å².